The van der Waals surface area contributed by atoms with E-state index >= 15 is 0 Å². The smallest absolute Gasteiger partial charge is 0.338 e. The van der Waals surface area contributed by atoms with E-state index in [9.17, 15) is 4.79 Å². The highest BCUT2D eigenvalue weighted by Crippen LogP contribution is 2.38. The summed E-state index contributed by atoms with van der Waals surface area (Å²) in [5, 5.41) is 0. The number of ether oxygens (including phenoxy) is 1. The van der Waals surface area contributed by atoms with Gasteiger partial charge in [0.05, 0.1) is 5.56 Å². The Morgan fingerprint density at radius 3 is 2.27 bits per heavy atom. The van der Waals surface area contributed by atoms with Crippen molar-refractivity contribution in [2.24, 2.45) is 5.92 Å². The topological polar surface area (TPSA) is 26.3 Å². The van der Waals surface area contributed by atoms with Crippen molar-refractivity contribution in [3.63, 3.8) is 0 Å². The highest BCUT2D eigenvalue weighted by molar-refractivity contribution is 5.92. The molecule has 0 N–H and O–H groups in total. The standard InChI is InChI=1S/C28H36O2/c1-3-5-20-6-8-21(9-7-20)10-11-22-12-14-23(15-13-22)24-16-17-25-18-26(4-2)30-28(29)27(25)19-24/h6-9,16-17,19,22-23,26H,3-5,10-15,18H2,1-2H3. The number of cyclic esters (lactones) is 1. The van der Waals surface area contributed by atoms with Gasteiger partial charge in [-0.1, -0.05) is 56.7 Å². The van der Waals surface area contributed by atoms with Gasteiger partial charge in [-0.3, -0.25) is 0 Å². The van der Waals surface area contributed by atoms with Gasteiger partial charge in [-0.25, -0.2) is 4.79 Å². The lowest BCUT2D eigenvalue weighted by molar-refractivity contribution is 0.0249. The Kier molecular flexibility index (Phi) is 6.92. The lowest BCUT2D eigenvalue weighted by Crippen LogP contribution is -2.27. The van der Waals surface area contributed by atoms with Crippen LogP contribution in [0.4, 0.5) is 0 Å². The average molecular weight is 405 g/mol. The Labute approximate surface area is 182 Å². The average Bonchev–Trinajstić information content (AvgIpc) is 2.79. The van der Waals surface area contributed by atoms with Gasteiger partial charge in [0.15, 0.2) is 0 Å². The quantitative estimate of drug-likeness (QED) is 0.463. The second-order valence-corrected chi connectivity index (χ2v) is 9.38. The molecule has 2 nitrogen and oxygen atoms in total. The van der Waals surface area contributed by atoms with Gasteiger partial charge in [-0.2, -0.15) is 0 Å². The minimum absolute atomic E-state index is 0.0501. The summed E-state index contributed by atoms with van der Waals surface area (Å²) in [4.78, 5) is 12.4. The zero-order valence-corrected chi connectivity index (χ0v) is 18.7. The summed E-state index contributed by atoms with van der Waals surface area (Å²) in [5.74, 6) is 1.31. The van der Waals surface area contributed by atoms with Crippen LogP contribution in [0.3, 0.4) is 0 Å². The van der Waals surface area contributed by atoms with E-state index in [2.05, 4.69) is 56.3 Å². The maximum Gasteiger partial charge on any atom is 0.338 e. The number of benzene rings is 2. The third kappa shape index (κ3) is 4.96. The number of hydrogen-bond donors (Lipinski definition) is 0. The lowest BCUT2D eigenvalue weighted by Gasteiger charge is -2.30. The van der Waals surface area contributed by atoms with Crippen molar-refractivity contribution < 1.29 is 9.53 Å². The summed E-state index contributed by atoms with van der Waals surface area (Å²) in [7, 11) is 0. The highest BCUT2D eigenvalue weighted by atomic mass is 16.5. The first kappa shape index (κ1) is 21.2. The number of rotatable bonds is 7. The second kappa shape index (κ2) is 9.81. The molecule has 1 aliphatic carbocycles. The summed E-state index contributed by atoms with van der Waals surface area (Å²) in [5.41, 5.74) is 6.26. The van der Waals surface area contributed by atoms with E-state index in [0.29, 0.717) is 5.92 Å². The molecule has 2 aromatic carbocycles. The highest BCUT2D eigenvalue weighted by Gasteiger charge is 2.28. The molecule has 1 saturated carbocycles. The molecule has 160 valence electrons. The molecule has 4 rings (SSSR count). The van der Waals surface area contributed by atoms with E-state index in [-0.39, 0.29) is 12.1 Å². The van der Waals surface area contributed by atoms with E-state index in [1.54, 1.807) is 0 Å². The minimum Gasteiger partial charge on any atom is -0.458 e. The van der Waals surface area contributed by atoms with E-state index < -0.39 is 0 Å². The first-order chi connectivity index (χ1) is 14.7. The molecule has 2 aliphatic rings. The van der Waals surface area contributed by atoms with Gasteiger partial charge in [0.25, 0.3) is 0 Å². The molecule has 0 saturated heterocycles. The molecular formula is C28H36O2. The molecule has 2 aromatic rings. The van der Waals surface area contributed by atoms with E-state index in [1.807, 2.05) is 0 Å². The van der Waals surface area contributed by atoms with Crippen molar-refractivity contribution in [2.45, 2.75) is 90.1 Å². The van der Waals surface area contributed by atoms with Crippen LogP contribution in [-0.2, 0) is 24.0 Å². The van der Waals surface area contributed by atoms with Gasteiger partial charge in [0, 0.05) is 6.42 Å². The van der Waals surface area contributed by atoms with Gasteiger partial charge >= 0.3 is 5.97 Å². The van der Waals surface area contributed by atoms with Crippen LogP contribution in [0, 0.1) is 5.92 Å². The summed E-state index contributed by atoms with van der Waals surface area (Å²) >= 11 is 0. The van der Waals surface area contributed by atoms with Crippen molar-refractivity contribution in [2.75, 3.05) is 0 Å². The third-order valence-electron chi connectivity index (χ3n) is 7.25. The molecule has 1 heterocycles. The Hall–Kier alpha value is -2.09. The van der Waals surface area contributed by atoms with Gasteiger partial charge in [0.2, 0.25) is 0 Å². The maximum absolute atomic E-state index is 12.4. The summed E-state index contributed by atoms with van der Waals surface area (Å²) in [6.45, 7) is 4.32. The zero-order valence-electron chi connectivity index (χ0n) is 18.7. The van der Waals surface area contributed by atoms with Crippen LogP contribution in [0.1, 0.15) is 97.3 Å². The van der Waals surface area contributed by atoms with Crippen LogP contribution >= 0.6 is 0 Å². The van der Waals surface area contributed by atoms with Crippen molar-refractivity contribution in [3.8, 4) is 0 Å². The van der Waals surface area contributed by atoms with Gasteiger partial charge in [-0.05, 0) is 91.5 Å². The molecule has 0 bridgehead atoms. The predicted octanol–water partition coefficient (Wildman–Crippen LogP) is 7.04. The lowest BCUT2D eigenvalue weighted by atomic mass is 9.76. The van der Waals surface area contributed by atoms with Crippen molar-refractivity contribution in [1.82, 2.24) is 0 Å². The predicted molar refractivity (Wildman–Crippen MR) is 123 cm³/mol. The fraction of sp³-hybridized carbons (Fsp3) is 0.536. The molecule has 0 amide bonds. The molecule has 0 aromatic heterocycles. The third-order valence-corrected chi connectivity index (χ3v) is 7.25. The SMILES string of the molecule is CCCc1ccc(CCC2CCC(c3ccc4c(c3)C(=O)OC(CC)C4)CC2)cc1. The minimum atomic E-state index is -0.122. The Bertz CT molecular complexity index is 843. The van der Waals surface area contributed by atoms with Gasteiger partial charge in [0.1, 0.15) is 6.10 Å². The fourth-order valence-corrected chi connectivity index (χ4v) is 5.26. The van der Waals surface area contributed by atoms with Crippen molar-refractivity contribution in [3.05, 3.63) is 70.3 Å². The molecule has 2 heteroatoms. The molecule has 30 heavy (non-hydrogen) atoms. The summed E-state index contributed by atoms with van der Waals surface area (Å²) in [6.07, 6.45) is 11.8. The summed E-state index contributed by atoms with van der Waals surface area (Å²) < 4.78 is 5.58. The van der Waals surface area contributed by atoms with E-state index in [0.717, 1.165) is 24.3 Å². The Morgan fingerprint density at radius 1 is 0.900 bits per heavy atom. The second-order valence-electron chi connectivity index (χ2n) is 9.38. The Balaban J connectivity index is 1.29. The summed E-state index contributed by atoms with van der Waals surface area (Å²) in [6, 6.07) is 15.8. The van der Waals surface area contributed by atoms with Crippen LogP contribution in [0.15, 0.2) is 42.5 Å². The van der Waals surface area contributed by atoms with Crippen LogP contribution in [-0.4, -0.2) is 12.1 Å². The van der Waals surface area contributed by atoms with Crippen molar-refractivity contribution in [1.29, 1.82) is 0 Å². The van der Waals surface area contributed by atoms with Crippen LogP contribution < -0.4 is 0 Å². The number of carbonyl (C=O) groups excluding carboxylic acids is 1. The van der Waals surface area contributed by atoms with Gasteiger partial charge in [-0.15, -0.1) is 0 Å². The Morgan fingerprint density at radius 2 is 1.60 bits per heavy atom. The van der Waals surface area contributed by atoms with E-state index in [1.165, 1.54) is 73.6 Å². The van der Waals surface area contributed by atoms with E-state index in [4.69, 9.17) is 4.74 Å². The molecule has 1 atom stereocenters. The first-order valence-corrected chi connectivity index (χ1v) is 12.1. The number of hydrogen-bond acceptors (Lipinski definition) is 2. The first-order valence-electron chi connectivity index (χ1n) is 12.1. The number of carbonyl (C=O) groups is 1. The number of fused-ring (bicyclic) bond motifs is 1. The number of esters is 1. The molecule has 1 unspecified atom stereocenters. The molecule has 1 aliphatic heterocycles. The largest absolute Gasteiger partial charge is 0.458 e. The van der Waals surface area contributed by atoms with Crippen LogP contribution in [0.2, 0.25) is 0 Å². The molecular weight excluding hydrogens is 368 g/mol. The molecule has 1 fully saturated rings. The monoisotopic (exact) mass is 404 g/mol. The van der Waals surface area contributed by atoms with Crippen molar-refractivity contribution >= 4 is 5.97 Å². The normalized spacial score (nSPS) is 23.7. The van der Waals surface area contributed by atoms with Crippen LogP contribution in [0.5, 0.6) is 0 Å². The van der Waals surface area contributed by atoms with Gasteiger partial charge < -0.3 is 4.74 Å². The molecule has 0 spiro atoms. The van der Waals surface area contributed by atoms with Crippen LogP contribution in [0.25, 0.3) is 0 Å². The maximum atomic E-state index is 12.4. The fourth-order valence-electron chi connectivity index (χ4n) is 5.26. The molecule has 0 radical (unpaired) electrons. The number of aryl methyl sites for hydroxylation is 2. The zero-order chi connectivity index (χ0) is 20.9.